The third kappa shape index (κ3) is 3.63. The normalized spacial score (nSPS) is 10.7. The minimum absolute atomic E-state index is 0.102. The second kappa shape index (κ2) is 6.98. The Bertz CT molecular complexity index is 816. The van der Waals surface area contributed by atoms with Gasteiger partial charge in [-0.15, -0.1) is 10.2 Å². The first-order valence-corrected chi connectivity index (χ1v) is 8.40. The van der Waals surface area contributed by atoms with Crippen molar-refractivity contribution in [3.63, 3.8) is 0 Å². The molecule has 0 atom stereocenters. The van der Waals surface area contributed by atoms with Crippen LogP contribution in [0.3, 0.4) is 0 Å². The van der Waals surface area contributed by atoms with Crippen molar-refractivity contribution in [2.75, 3.05) is 5.75 Å². The molecular formula is C17H14ClN3OS. The van der Waals surface area contributed by atoms with Crippen LogP contribution in [-0.2, 0) is 4.79 Å². The fourth-order valence-electron chi connectivity index (χ4n) is 2.13. The molecule has 23 heavy (non-hydrogen) atoms. The van der Waals surface area contributed by atoms with Crippen LogP contribution in [0.5, 0.6) is 0 Å². The molecule has 0 saturated heterocycles. The average molecular weight is 344 g/mol. The van der Waals surface area contributed by atoms with Crippen LogP contribution in [-0.4, -0.2) is 26.3 Å². The van der Waals surface area contributed by atoms with Gasteiger partial charge in [0, 0.05) is 16.3 Å². The highest BCUT2D eigenvalue weighted by Gasteiger charge is 2.16. The summed E-state index contributed by atoms with van der Waals surface area (Å²) in [5.74, 6) is 1.19. The molecule has 2 aromatic carbocycles. The summed E-state index contributed by atoms with van der Waals surface area (Å²) in [6.45, 7) is 1.57. The van der Waals surface area contributed by atoms with Crippen LogP contribution in [0.15, 0.2) is 59.8 Å². The molecule has 0 aliphatic rings. The molecule has 4 nitrogen and oxygen atoms in total. The predicted molar refractivity (Wildman–Crippen MR) is 93.2 cm³/mol. The summed E-state index contributed by atoms with van der Waals surface area (Å²) in [7, 11) is 0. The van der Waals surface area contributed by atoms with Gasteiger partial charge in [-0.05, 0) is 43.3 Å². The molecule has 1 heterocycles. The molecule has 3 aromatic rings. The fourth-order valence-corrected chi connectivity index (χ4v) is 3.00. The molecule has 1 aromatic heterocycles. The lowest BCUT2D eigenvalue weighted by Crippen LogP contribution is -2.01. The van der Waals surface area contributed by atoms with Gasteiger partial charge < -0.3 is 0 Å². The molecule has 0 saturated carbocycles. The Labute approximate surface area is 143 Å². The average Bonchev–Trinajstić information content (AvgIpc) is 2.98. The quantitative estimate of drug-likeness (QED) is 0.649. The Morgan fingerprint density at radius 3 is 2.43 bits per heavy atom. The van der Waals surface area contributed by atoms with Crippen molar-refractivity contribution in [2.45, 2.75) is 12.1 Å². The van der Waals surface area contributed by atoms with Gasteiger partial charge in [-0.2, -0.15) is 0 Å². The molecule has 0 aliphatic carbocycles. The number of hydrogen-bond acceptors (Lipinski definition) is 4. The zero-order chi connectivity index (χ0) is 16.2. The summed E-state index contributed by atoms with van der Waals surface area (Å²) < 4.78 is 1.96. The Hall–Kier alpha value is -2.11. The molecule has 3 rings (SSSR count). The van der Waals surface area contributed by atoms with E-state index in [-0.39, 0.29) is 5.78 Å². The van der Waals surface area contributed by atoms with E-state index in [0.717, 1.165) is 17.1 Å². The van der Waals surface area contributed by atoms with E-state index in [1.165, 1.54) is 11.8 Å². The van der Waals surface area contributed by atoms with Gasteiger partial charge in [-0.25, -0.2) is 0 Å². The molecule has 0 amide bonds. The van der Waals surface area contributed by atoms with Gasteiger partial charge in [0.1, 0.15) is 5.78 Å². The molecule has 0 fully saturated rings. The molecular weight excluding hydrogens is 330 g/mol. The summed E-state index contributed by atoms with van der Waals surface area (Å²) >= 11 is 7.34. The van der Waals surface area contributed by atoms with E-state index in [9.17, 15) is 4.79 Å². The van der Waals surface area contributed by atoms with E-state index in [4.69, 9.17) is 11.6 Å². The zero-order valence-electron chi connectivity index (χ0n) is 12.4. The second-order valence-electron chi connectivity index (χ2n) is 4.97. The molecule has 116 valence electrons. The third-order valence-corrected chi connectivity index (χ3v) is 4.48. The maximum Gasteiger partial charge on any atom is 0.196 e. The number of aromatic nitrogens is 3. The maximum atomic E-state index is 11.3. The lowest BCUT2D eigenvalue weighted by molar-refractivity contribution is -0.114. The largest absolute Gasteiger partial charge is 0.299 e. The van der Waals surface area contributed by atoms with E-state index in [1.54, 1.807) is 6.92 Å². The van der Waals surface area contributed by atoms with Gasteiger partial charge in [0.05, 0.1) is 5.75 Å². The van der Waals surface area contributed by atoms with Crippen molar-refractivity contribution in [3.05, 3.63) is 59.6 Å². The highest BCUT2D eigenvalue weighted by Crippen LogP contribution is 2.28. The molecule has 0 aliphatic heterocycles. The van der Waals surface area contributed by atoms with E-state index >= 15 is 0 Å². The van der Waals surface area contributed by atoms with Crippen LogP contribution in [0.25, 0.3) is 17.1 Å². The Kier molecular flexibility index (Phi) is 4.79. The number of benzene rings is 2. The van der Waals surface area contributed by atoms with Gasteiger partial charge in [0.15, 0.2) is 11.0 Å². The molecule has 6 heteroatoms. The highest BCUT2D eigenvalue weighted by molar-refractivity contribution is 7.99. The zero-order valence-corrected chi connectivity index (χ0v) is 14.0. The number of para-hydroxylation sites is 1. The van der Waals surface area contributed by atoms with Crippen molar-refractivity contribution in [3.8, 4) is 17.1 Å². The Balaban J connectivity index is 2.09. The minimum atomic E-state index is 0.102. The van der Waals surface area contributed by atoms with Crippen LogP contribution < -0.4 is 0 Å². The van der Waals surface area contributed by atoms with Gasteiger partial charge >= 0.3 is 0 Å². The van der Waals surface area contributed by atoms with Gasteiger partial charge in [0.2, 0.25) is 0 Å². The second-order valence-corrected chi connectivity index (χ2v) is 6.35. The maximum absolute atomic E-state index is 11.3. The topological polar surface area (TPSA) is 47.8 Å². The van der Waals surface area contributed by atoms with Crippen molar-refractivity contribution in [1.82, 2.24) is 14.8 Å². The summed E-state index contributed by atoms with van der Waals surface area (Å²) in [5, 5.41) is 9.93. The lowest BCUT2D eigenvalue weighted by atomic mass is 10.2. The first kappa shape index (κ1) is 15.8. The molecule has 0 spiro atoms. The molecule has 0 bridgehead atoms. The molecule has 0 unspecified atom stereocenters. The van der Waals surface area contributed by atoms with Crippen molar-refractivity contribution in [2.24, 2.45) is 0 Å². The highest BCUT2D eigenvalue weighted by atomic mass is 35.5. The number of thioether (sulfide) groups is 1. The van der Waals surface area contributed by atoms with Crippen LogP contribution in [0.1, 0.15) is 6.92 Å². The SMILES string of the molecule is CC(=O)CSc1nnc(-c2ccc(Cl)cc2)n1-c1ccccc1. The first-order valence-electron chi connectivity index (χ1n) is 7.04. The third-order valence-electron chi connectivity index (χ3n) is 3.15. The Morgan fingerprint density at radius 2 is 1.78 bits per heavy atom. The fraction of sp³-hybridized carbons (Fsp3) is 0.118. The summed E-state index contributed by atoms with van der Waals surface area (Å²) in [6.07, 6.45) is 0. The number of Topliss-reactive ketones (excluding diaryl/α,β-unsaturated/α-hetero) is 1. The van der Waals surface area contributed by atoms with Crippen LogP contribution in [0, 0.1) is 0 Å². The standard InChI is InChI=1S/C17H14ClN3OS/c1-12(22)11-23-17-20-19-16(13-7-9-14(18)10-8-13)21(17)15-5-3-2-4-6-15/h2-10H,11H2,1H3. The minimum Gasteiger partial charge on any atom is -0.299 e. The number of carbonyl (C=O) groups is 1. The summed E-state index contributed by atoms with van der Waals surface area (Å²) in [6, 6.07) is 17.3. The van der Waals surface area contributed by atoms with Crippen LogP contribution in [0.4, 0.5) is 0 Å². The first-order chi connectivity index (χ1) is 11.1. The summed E-state index contributed by atoms with van der Waals surface area (Å²) in [5.41, 5.74) is 1.87. The van der Waals surface area contributed by atoms with E-state index in [2.05, 4.69) is 10.2 Å². The van der Waals surface area contributed by atoms with Gasteiger partial charge in [-0.1, -0.05) is 41.6 Å². The van der Waals surface area contributed by atoms with E-state index < -0.39 is 0 Å². The smallest absolute Gasteiger partial charge is 0.196 e. The Morgan fingerprint density at radius 1 is 1.09 bits per heavy atom. The number of hydrogen-bond donors (Lipinski definition) is 0. The monoisotopic (exact) mass is 343 g/mol. The van der Waals surface area contributed by atoms with Crippen molar-refractivity contribution < 1.29 is 4.79 Å². The predicted octanol–water partition coefficient (Wildman–Crippen LogP) is 4.27. The number of rotatable bonds is 5. The van der Waals surface area contributed by atoms with Crippen molar-refractivity contribution in [1.29, 1.82) is 0 Å². The summed E-state index contributed by atoms with van der Waals surface area (Å²) in [4.78, 5) is 11.3. The van der Waals surface area contributed by atoms with E-state index in [0.29, 0.717) is 15.9 Å². The number of halogens is 1. The van der Waals surface area contributed by atoms with E-state index in [1.807, 2.05) is 59.2 Å². The van der Waals surface area contributed by atoms with Crippen LogP contribution >= 0.6 is 23.4 Å². The number of ketones is 1. The number of nitrogens with zero attached hydrogens (tertiary/aromatic N) is 3. The number of carbonyl (C=O) groups excluding carboxylic acids is 1. The van der Waals surface area contributed by atoms with Crippen molar-refractivity contribution >= 4 is 29.1 Å². The van der Waals surface area contributed by atoms with Gasteiger partial charge in [0.25, 0.3) is 0 Å². The van der Waals surface area contributed by atoms with Crippen LogP contribution in [0.2, 0.25) is 5.02 Å². The lowest BCUT2D eigenvalue weighted by Gasteiger charge is -2.10. The molecule has 0 N–H and O–H groups in total. The molecule has 0 radical (unpaired) electrons. The van der Waals surface area contributed by atoms with Gasteiger partial charge in [-0.3, -0.25) is 9.36 Å².